The summed E-state index contributed by atoms with van der Waals surface area (Å²) in [5.74, 6) is 0.478. The van der Waals surface area contributed by atoms with Crippen molar-refractivity contribution in [2.75, 3.05) is 0 Å². The molecule has 1 aromatic rings. The first-order valence-electron chi connectivity index (χ1n) is 12.6. The van der Waals surface area contributed by atoms with E-state index in [2.05, 4.69) is 46.5 Å². The molecule has 1 fully saturated rings. The Kier molecular flexibility index (Phi) is 8.22. The Balaban J connectivity index is 1.98. The van der Waals surface area contributed by atoms with Gasteiger partial charge in [-0.3, -0.25) is 9.59 Å². The molecule has 3 heterocycles. The molecule has 3 rings (SSSR count). The van der Waals surface area contributed by atoms with Crippen LogP contribution in [0.2, 0.25) is 18.1 Å². The van der Waals surface area contributed by atoms with Crippen LogP contribution in [0.4, 0.5) is 0 Å². The van der Waals surface area contributed by atoms with E-state index in [1.807, 2.05) is 19.9 Å². The van der Waals surface area contributed by atoms with Gasteiger partial charge in [-0.1, -0.05) is 38.5 Å². The van der Waals surface area contributed by atoms with E-state index < -0.39 is 26.3 Å². The minimum atomic E-state index is -1.95. The van der Waals surface area contributed by atoms with Crippen LogP contribution >= 0.6 is 0 Å². The van der Waals surface area contributed by atoms with Gasteiger partial charge in [0.1, 0.15) is 23.7 Å². The first-order chi connectivity index (χ1) is 16.2. The van der Waals surface area contributed by atoms with Crippen LogP contribution in [0.5, 0.6) is 0 Å². The van der Waals surface area contributed by atoms with Gasteiger partial charge < -0.3 is 18.3 Å². The lowest BCUT2D eigenvalue weighted by atomic mass is 9.84. The lowest BCUT2D eigenvalue weighted by molar-refractivity contribution is -0.156. The molecule has 0 aliphatic carbocycles. The molecule has 4 bridgehead atoms. The quantitative estimate of drug-likeness (QED) is 0.257. The van der Waals surface area contributed by atoms with Gasteiger partial charge in [0.05, 0.1) is 12.5 Å². The van der Waals surface area contributed by atoms with Gasteiger partial charge in [0.2, 0.25) is 0 Å². The maximum absolute atomic E-state index is 12.7. The first kappa shape index (κ1) is 27.5. The zero-order valence-electron chi connectivity index (χ0n) is 22.7. The van der Waals surface area contributed by atoms with E-state index in [0.29, 0.717) is 32.3 Å². The fraction of sp³-hybridized carbons (Fsp3) is 0.643. The molecule has 0 spiro atoms. The fourth-order valence-electron chi connectivity index (χ4n) is 4.57. The van der Waals surface area contributed by atoms with Crippen molar-refractivity contribution in [3.05, 3.63) is 40.9 Å². The summed E-state index contributed by atoms with van der Waals surface area (Å²) in [5, 5.41) is 0.108. The van der Waals surface area contributed by atoms with E-state index >= 15 is 0 Å². The monoisotopic (exact) mass is 502 g/mol. The Morgan fingerprint density at radius 2 is 1.89 bits per heavy atom. The number of hydrogen-bond acceptors (Lipinski definition) is 6. The van der Waals surface area contributed by atoms with Gasteiger partial charge in [-0.25, -0.2) is 0 Å². The number of fused-ring (bicyclic) bond motifs is 4. The topological polar surface area (TPSA) is 75.0 Å². The van der Waals surface area contributed by atoms with Crippen LogP contribution in [0.25, 0.3) is 6.08 Å². The third kappa shape index (κ3) is 6.76. The van der Waals surface area contributed by atoms with Gasteiger partial charge in [0.25, 0.3) is 0 Å². The van der Waals surface area contributed by atoms with Crippen molar-refractivity contribution in [2.45, 2.75) is 104 Å². The fourth-order valence-corrected chi connectivity index (χ4v) is 5.52. The van der Waals surface area contributed by atoms with E-state index in [1.54, 1.807) is 0 Å². The molecule has 4 atom stereocenters. The van der Waals surface area contributed by atoms with Crippen molar-refractivity contribution in [2.24, 2.45) is 11.8 Å². The highest BCUT2D eigenvalue weighted by Crippen LogP contribution is 2.39. The number of carbonyl (C=O) groups excluding carboxylic acids is 2. The lowest BCUT2D eigenvalue weighted by Gasteiger charge is -2.36. The normalized spacial score (nSPS) is 27.1. The van der Waals surface area contributed by atoms with Crippen molar-refractivity contribution in [3.63, 3.8) is 0 Å². The molecule has 0 saturated carbocycles. The summed E-state index contributed by atoms with van der Waals surface area (Å²) in [5.41, 5.74) is 3.07. The van der Waals surface area contributed by atoms with Gasteiger partial charge in [0.15, 0.2) is 8.32 Å². The van der Waals surface area contributed by atoms with E-state index in [-0.39, 0.29) is 23.0 Å². The minimum Gasteiger partial charge on any atom is -0.462 e. The predicted octanol–water partition coefficient (Wildman–Crippen LogP) is 6.60. The second-order valence-corrected chi connectivity index (χ2v) is 16.7. The summed E-state index contributed by atoms with van der Waals surface area (Å²) < 4.78 is 24.2. The number of allylic oxidation sites excluding steroid dienone is 1. The van der Waals surface area contributed by atoms with Crippen molar-refractivity contribution < 1.29 is 27.9 Å². The van der Waals surface area contributed by atoms with Gasteiger partial charge in [-0.2, -0.15) is 0 Å². The summed E-state index contributed by atoms with van der Waals surface area (Å²) in [6.45, 7) is 21.3. The van der Waals surface area contributed by atoms with E-state index in [1.165, 1.54) is 6.92 Å². The van der Waals surface area contributed by atoms with Crippen LogP contribution < -0.4 is 0 Å². The molecule has 2 aliphatic rings. The third-order valence-electron chi connectivity index (χ3n) is 7.76. The predicted molar refractivity (Wildman–Crippen MR) is 139 cm³/mol. The molecule has 2 aliphatic heterocycles. The van der Waals surface area contributed by atoms with Crippen LogP contribution in [0.3, 0.4) is 0 Å². The van der Waals surface area contributed by atoms with Gasteiger partial charge in [-0.05, 0) is 56.5 Å². The molecule has 35 heavy (non-hydrogen) atoms. The Hall–Kier alpha value is -2.12. The number of rotatable bonds is 5. The van der Waals surface area contributed by atoms with Crippen LogP contribution in [0.1, 0.15) is 77.9 Å². The van der Waals surface area contributed by atoms with E-state index in [0.717, 1.165) is 28.2 Å². The van der Waals surface area contributed by atoms with Crippen molar-refractivity contribution in [1.82, 2.24) is 0 Å². The number of ether oxygens (including phenoxy) is 2. The number of esters is 2. The minimum absolute atomic E-state index is 0.0253. The molecule has 7 heteroatoms. The SMILES string of the molecule is C=C(C)[C@H]1Cc2oc(cc2CO[Si](C)(C)C(C)(C)C)/C=C(\C)C[C@@H]2CC(C(=O)O2)[C@H](OC(C)=O)C1. The molecule has 1 aromatic heterocycles. The summed E-state index contributed by atoms with van der Waals surface area (Å²) in [6.07, 6.45) is 3.48. The Bertz CT molecular complexity index is 996. The molecular formula is C28H42O6Si. The Morgan fingerprint density at radius 1 is 1.20 bits per heavy atom. The van der Waals surface area contributed by atoms with Gasteiger partial charge in [-0.15, -0.1) is 0 Å². The second kappa shape index (κ2) is 10.5. The van der Waals surface area contributed by atoms with E-state index in [9.17, 15) is 9.59 Å². The largest absolute Gasteiger partial charge is 0.462 e. The van der Waals surface area contributed by atoms with Crippen molar-refractivity contribution >= 4 is 26.3 Å². The highest BCUT2D eigenvalue weighted by atomic mass is 28.4. The molecule has 0 amide bonds. The average molecular weight is 503 g/mol. The smallest absolute Gasteiger partial charge is 0.313 e. The molecule has 1 unspecified atom stereocenters. The summed E-state index contributed by atoms with van der Waals surface area (Å²) >= 11 is 0. The first-order valence-corrected chi connectivity index (χ1v) is 15.5. The summed E-state index contributed by atoms with van der Waals surface area (Å²) in [4.78, 5) is 24.7. The number of furan rings is 1. The lowest BCUT2D eigenvalue weighted by Crippen LogP contribution is -2.40. The highest BCUT2D eigenvalue weighted by molar-refractivity contribution is 6.74. The van der Waals surface area contributed by atoms with Gasteiger partial charge >= 0.3 is 11.9 Å². The van der Waals surface area contributed by atoms with Crippen molar-refractivity contribution in [1.29, 1.82) is 0 Å². The maximum Gasteiger partial charge on any atom is 0.313 e. The third-order valence-corrected chi connectivity index (χ3v) is 12.2. The van der Waals surface area contributed by atoms with Crippen LogP contribution in [0, 0.1) is 11.8 Å². The molecular weight excluding hydrogens is 460 g/mol. The molecule has 0 N–H and O–H groups in total. The zero-order chi connectivity index (χ0) is 26.1. The zero-order valence-corrected chi connectivity index (χ0v) is 23.7. The number of carbonyl (C=O) groups is 2. The molecule has 0 radical (unpaired) electrons. The highest BCUT2D eigenvalue weighted by Gasteiger charge is 2.43. The Morgan fingerprint density at radius 3 is 2.49 bits per heavy atom. The second-order valence-electron chi connectivity index (χ2n) is 11.9. The standard InChI is InChI=1S/C28H42O6Si/c1-17(2)20-13-25-21(16-31-35(8,9)28(5,6)7)12-22(33-25)10-18(3)11-23-15-24(27(30)34-23)26(14-20)32-19(4)29/h10,12,20,23-24,26H,1,11,13-16H2,2-9H3/b18-10+/t20-,23+,24?,26+/m0/s1. The molecule has 0 aromatic carbocycles. The number of hydrogen-bond donors (Lipinski definition) is 0. The molecule has 1 saturated heterocycles. The van der Waals surface area contributed by atoms with Gasteiger partial charge in [0, 0.05) is 31.7 Å². The van der Waals surface area contributed by atoms with E-state index in [4.69, 9.17) is 18.3 Å². The maximum atomic E-state index is 12.7. The van der Waals surface area contributed by atoms with Crippen molar-refractivity contribution in [3.8, 4) is 0 Å². The summed E-state index contributed by atoms with van der Waals surface area (Å²) in [7, 11) is -1.95. The Labute approximate surface area is 211 Å². The summed E-state index contributed by atoms with van der Waals surface area (Å²) in [6, 6.07) is 2.07. The average Bonchev–Trinajstić information content (AvgIpc) is 3.25. The van der Waals surface area contributed by atoms with Crippen LogP contribution in [-0.2, 0) is 36.5 Å². The van der Waals surface area contributed by atoms with Crippen LogP contribution in [-0.4, -0.2) is 32.5 Å². The molecule has 194 valence electrons. The van der Waals surface area contributed by atoms with Crippen LogP contribution in [0.15, 0.2) is 28.2 Å². The molecule has 6 nitrogen and oxygen atoms in total.